The van der Waals surface area contributed by atoms with Gasteiger partial charge >= 0.3 is 5.97 Å². The zero-order valence-corrected chi connectivity index (χ0v) is 16.8. The Morgan fingerprint density at radius 3 is 2.36 bits per heavy atom. The molecule has 1 aliphatic heterocycles. The molecular weight excluding hydrogens is 364 g/mol. The van der Waals surface area contributed by atoms with E-state index >= 15 is 0 Å². The van der Waals surface area contributed by atoms with Crippen molar-refractivity contribution in [2.45, 2.75) is 32.9 Å². The van der Waals surface area contributed by atoms with E-state index < -0.39 is 24.0 Å². The summed E-state index contributed by atoms with van der Waals surface area (Å²) >= 11 is 0. The first-order valence-electron chi connectivity index (χ1n) is 9.36. The van der Waals surface area contributed by atoms with Gasteiger partial charge in [-0.15, -0.1) is 0 Å². The van der Waals surface area contributed by atoms with Gasteiger partial charge in [-0.05, 0) is 25.0 Å². The predicted molar refractivity (Wildman–Crippen MR) is 102 cm³/mol. The maximum atomic E-state index is 12.6. The van der Waals surface area contributed by atoms with Crippen molar-refractivity contribution in [2.75, 3.05) is 33.4 Å². The molecule has 0 saturated carbocycles. The number of esters is 1. The molecule has 0 spiro atoms. The van der Waals surface area contributed by atoms with E-state index in [0.29, 0.717) is 37.6 Å². The lowest BCUT2D eigenvalue weighted by Gasteiger charge is -2.30. The Balaban J connectivity index is 2.03. The monoisotopic (exact) mass is 392 g/mol. The van der Waals surface area contributed by atoms with Crippen LogP contribution in [-0.4, -0.2) is 68.2 Å². The quantitative estimate of drug-likeness (QED) is 0.702. The van der Waals surface area contributed by atoms with Crippen LogP contribution in [0.2, 0.25) is 0 Å². The third-order valence-electron chi connectivity index (χ3n) is 4.52. The summed E-state index contributed by atoms with van der Waals surface area (Å²) in [7, 11) is 1.47. The Morgan fingerprint density at radius 2 is 1.75 bits per heavy atom. The van der Waals surface area contributed by atoms with Crippen molar-refractivity contribution < 1.29 is 28.6 Å². The molecular formula is C20H28N2O6. The first-order valence-corrected chi connectivity index (χ1v) is 9.36. The second-order valence-corrected chi connectivity index (χ2v) is 6.91. The summed E-state index contributed by atoms with van der Waals surface area (Å²) in [4.78, 5) is 39.3. The van der Waals surface area contributed by atoms with Gasteiger partial charge in [0.05, 0.1) is 25.9 Å². The van der Waals surface area contributed by atoms with Crippen LogP contribution in [0.3, 0.4) is 0 Å². The summed E-state index contributed by atoms with van der Waals surface area (Å²) < 4.78 is 15.8. The zero-order valence-electron chi connectivity index (χ0n) is 16.8. The first-order chi connectivity index (χ1) is 13.3. The van der Waals surface area contributed by atoms with E-state index in [1.807, 2.05) is 0 Å². The van der Waals surface area contributed by atoms with E-state index in [0.717, 1.165) is 0 Å². The lowest BCUT2D eigenvalue weighted by Crippen LogP contribution is -2.49. The third kappa shape index (κ3) is 5.45. The van der Waals surface area contributed by atoms with Gasteiger partial charge in [0.2, 0.25) is 0 Å². The minimum Gasteiger partial charge on any atom is -0.496 e. The third-order valence-corrected chi connectivity index (χ3v) is 4.52. The number of ether oxygens (including phenoxy) is 3. The van der Waals surface area contributed by atoms with Crippen LogP contribution in [0.25, 0.3) is 0 Å². The lowest BCUT2D eigenvalue weighted by molar-refractivity contribution is -0.163. The highest BCUT2D eigenvalue weighted by Crippen LogP contribution is 2.18. The van der Waals surface area contributed by atoms with Crippen molar-refractivity contribution in [1.82, 2.24) is 10.2 Å². The van der Waals surface area contributed by atoms with E-state index in [2.05, 4.69) is 5.32 Å². The normalized spacial score (nSPS) is 16.2. The van der Waals surface area contributed by atoms with Gasteiger partial charge in [0.25, 0.3) is 11.8 Å². The largest absolute Gasteiger partial charge is 0.496 e. The smallest absolute Gasteiger partial charge is 0.329 e. The van der Waals surface area contributed by atoms with Crippen molar-refractivity contribution in [3.8, 4) is 5.75 Å². The van der Waals surface area contributed by atoms with Gasteiger partial charge in [-0.1, -0.05) is 26.0 Å². The number of benzene rings is 1. The maximum Gasteiger partial charge on any atom is 0.329 e. The average molecular weight is 392 g/mol. The highest BCUT2D eigenvalue weighted by Gasteiger charge is 2.31. The number of nitrogens with one attached hydrogen (secondary N) is 1. The minimum absolute atomic E-state index is 0.225. The molecule has 0 aliphatic carbocycles. The predicted octanol–water partition coefficient (Wildman–Crippen LogP) is 1.24. The Bertz CT molecular complexity index is 700. The molecule has 28 heavy (non-hydrogen) atoms. The van der Waals surface area contributed by atoms with Gasteiger partial charge in [-0.3, -0.25) is 9.59 Å². The van der Waals surface area contributed by atoms with E-state index in [-0.39, 0.29) is 11.8 Å². The molecule has 1 N–H and O–H groups in total. The van der Waals surface area contributed by atoms with Crippen LogP contribution in [-0.2, 0) is 19.1 Å². The maximum absolute atomic E-state index is 12.6. The first kappa shape index (κ1) is 21.7. The fraction of sp³-hybridized carbons (Fsp3) is 0.550. The Hall–Kier alpha value is -2.61. The number of nitrogens with zero attached hydrogens (tertiary/aromatic N) is 1. The molecule has 0 bridgehead atoms. The molecule has 0 aromatic heterocycles. The summed E-state index contributed by atoms with van der Waals surface area (Å²) in [5.41, 5.74) is 0.320. The number of hydrogen-bond donors (Lipinski definition) is 1. The number of hydrogen-bond acceptors (Lipinski definition) is 6. The van der Waals surface area contributed by atoms with E-state index in [9.17, 15) is 14.4 Å². The molecule has 1 aromatic carbocycles. The molecule has 1 fully saturated rings. The number of carbonyl (C=O) groups is 3. The number of amides is 2. The summed E-state index contributed by atoms with van der Waals surface area (Å²) in [6, 6.07) is 5.85. The Labute approximate surface area is 165 Å². The molecule has 0 unspecified atom stereocenters. The highest BCUT2D eigenvalue weighted by atomic mass is 16.5. The van der Waals surface area contributed by atoms with Crippen LogP contribution in [0.5, 0.6) is 5.75 Å². The number of carbonyl (C=O) groups excluding carboxylic acids is 3. The van der Waals surface area contributed by atoms with Crippen LogP contribution in [0.1, 0.15) is 31.1 Å². The van der Waals surface area contributed by atoms with Crippen LogP contribution in [0.15, 0.2) is 24.3 Å². The Kier molecular flexibility index (Phi) is 7.80. The van der Waals surface area contributed by atoms with Crippen LogP contribution >= 0.6 is 0 Å². The van der Waals surface area contributed by atoms with Gasteiger partial charge < -0.3 is 24.4 Å². The molecule has 154 valence electrons. The van der Waals surface area contributed by atoms with Gasteiger partial charge in [-0.2, -0.15) is 0 Å². The number of methoxy groups -OCH3 is 1. The molecule has 8 heteroatoms. The van der Waals surface area contributed by atoms with Crippen LogP contribution < -0.4 is 10.1 Å². The molecule has 1 aliphatic rings. The van der Waals surface area contributed by atoms with Gasteiger partial charge in [0.15, 0.2) is 6.10 Å². The number of rotatable bonds is 7. The summed E-state index contributed by atoms with van der Waals surface area (Å²) in [5.74, 6) is -1.17. The van der Waals surface area contributed by atoms with Crippen LogP contribution in [0, 0.1) is 5.92 Å². The molecule has 2 amide bonds. The van der Waals surface area contributed by atoms with E-state index in [1.54, 1.807) is 43.0 Å². The molecule has 1 aromatic rings. The number of para-hydroxylation sites is 1. The molecule has 0 radical (unpaired) electrons. The van der Waals surface area contributed by atoms with Crippen molar-refractivity contribution >= 4 is 17.8 Å². The van der Waals surface area contributed by atoms with E-state index in [4.69, 9.17) is 14.2 Å². The molecule has 1 heterocycles. The SMILES string of the molecule is COc1ccccc1C(=O)N[C@H](C(=O)O[C@H](C)C(=O)N1CCOCC1)C(C)C. The Morgan fingerprint density at radius 1 is 1.11 bits per heavy atom. The van der Waals surface area contributed by atoms with Crippen molar-refractivity contribution in [3.05, 3.63) is 29.8 Å². The van der Waals surface area contributed by atoms with Crippen molar-refractivity contribution in [1.29, 1.82) is 0 Å². The van der Waals surface area contributed by atoms with Crippen molar-refractivity contribution in [3.63, 3.8) is 0 Å². The summed E-state index contributed by atoms with van der Waals surface area (Å²) in [6.07, 6.45) is -0.935. The van der Waals surface area contributed by atoms with Crippen LogP contribution in [0.4, 0.5) is 0 Å². The fourth-order valence-electron chi connectivity index (χ4n) is 2.89. The van der Waals surface area contributed by atoms with Crippen molar-refractivity contribution in [2.24, 2.45) is 5.92 Å². The summed E-state index contributed by atoms with van der Waals surface area (Å²) in [6.45, 7) is 7.00. The topological polar surface area (TPSA) is 94.2 Å². The van der Waals surface area contributed by atoms with Gasteiger partial charge in [0.1, 0.15) is 11.8 Å². The lowest BCUT2D eigenvalue weighted by atomic mass is 10.0. The van der Waals surface area contributed by atoms with E-state index in [1.165, 1.54) is 14.0 Å². The zero-order chi connectivity index (χ0) is 20.7. The second kappa shape index (κ2) is 10.1. The molecule has 1 saturated heterocycles. The average Bonchev–Trinajstić information content (AvgIpc) is 2.71. The highest BCUT2D eigenvalue weighted by molar-refractivity contribution is 5.99. The molecule has 2 rings (SSSR count). The number of morpholine rings is 1. The standard InChI is InChI=1S/C20H28N2O6/c1-13(2)17(21-18(23)15-7-5-6-8-16(15)26-4)20(25)28-14(3)19(24)22-9-11-27-12-10-22/h5-8,13-14,17H,9-12H2,1-4H3,(H,21,23)/t14-,17+/m1/s1. The molecule has 8 nitrogen and oxygen atoms in total. The molecule has 2 atom stereocenters. The van der Waals surface area contributed by atoms with Gasteiger partial charge in [-0.25, -0.2) is 4.79 Å². The minimum atomic E-state index is -0.935. The summed E-state index contributed by atoms with van der Waals surface area (Å²) in [5, 5.41) is 2.69. The van der Waals surface area contributed by atoms with Gasteiger partial charge in [0, 0.05) is 13.1 Å². The second-order valence-electron chi connectivity index (χ2n) is 6.91. The fourth-order valence-corrected chi connectivity index (χ4v) is 2.89.